The van der Waals surface area contributed by atoms with Gasteiger partial charge in [0.15, 0.2) is 17.3 Å². The van der Waals surface area contributed by atoms with Gasteiger partial charge >= 0.3 is 0 Å². The number of hydrogen-bond acceptors (Lipinski definition) is 5. The number of benzene rings is 2. The van der Waals surface area contributed by atoms with Crippen molar-refractivity contribution < 1.29 is 14.7 Å². The van der Waals surface area contributed by atoms with E-state index in [4.69, 9.17) is 17.2 Å². The lowest BCUT2D eigenvalue weighted by Gasteiger charge is -2.33. The minimum Gasteiger partial charge on any atom is -0.508 e. The Morgan fingerprint density at radius 3 is 2.32 bits per heavy atom. The van der Waals surface area contributed by atoms with E-state index in [1.165, 1.54) is 0 Å². The lowest BCUT2D eigenvalue weighted by molar-refractivity contribution is -0.138. The minimum atomic E-state index is -1.72. The number of amides is 1. The number of carbonyl (C=O) groups excluding carboxylic acids is 2. The predicted octanol–water partition coefficient (Wildman–Crippen LogP) is 2.30. The molecule has 8 N–H and O–H groups in total. The Bertz CT molecular complexity index is 983. The first-order chi connectivity index (χ1) is 16.3. The largest absolute Gasteiger partial charge is 0.508 e. The average molecular weight is 466 g/mol. The number of Topliss-reactive ketones (excluding diaryl/α,β-unsaturated/α-hetero) is 1. The summed E-state index contributed by atoms with van der Waals surface area (Å²) >= 11 is 0. The molecule has 2 atom stereocenters. The van der Waals surface area contributed by atoms with Gasteiger partial charge in [0, 0.05) is 19.0 Å². The monoisotopic (exact) mass is 465 g/mol. The third kappa shape index (κ3) is 6.35. The molecule has 2 aromatic rings. The molecule has 0 saturated heterocycles. The van der Waals surface area contributed by atoms with Crippen molar-refractivity contribution in [2.75, 3.05) is 6.54 Å². The fourth-order valence-corrected chi connectivity index (χ4v) is 4.73. The zero-order chi connectivity index (χ0) is 24.6. The van der Waals surface area contributed by atoms with Crippen molar-refractivity contribution in [3.05, 3.63) is 65.7 Å². The summed E-state index contributed by atoms with van der Waals surface area (Å²) in [5.41, 5.74) is 17.5. The van der Waals surface area contributed by atoms with Crippen LogP contribution >= 0.6 is 0 Å². The average Bonchev–Trinajstić information content (AvgIpc) is 3.36. The highest BCUT2D eigenvalue weighted by atomic mass is 16.3. The summed E-state index contributed by atoms with van der Waals surface area (Å²) < 4.78 is 0. The Morgan fingerprint density at radius 1 is 1.06 bits per heavy atom. The van der Waals surface area contributed by atoms with Crippen LogP contribution in [0.25, 0.3) is 0 Å². The number of carbonyl (C=O) groups is 2. The Morgan fingerprint density at radius 2 is 1.71 bits per heavy atom. The van der Waals surface area contributed by atoms with E-state index >= 15 is 0 Å². The molecule has 0 aliphatic heterocycles. The number of nitrogens with one attached hydrogen (secondary N) is 1. The van der Waals surface area contributed by atoms with Crippen molar-refractivity contribution in [3.63, 3.8) is 0 Å². The van der Waals surface area contributed by atoms with Crippen molar-refractivity contribution in [1.82, 2.24) is 5.32 Å². The Balaban J connectivity index is 1.86. The van der Waals surface area contributed by atoms with Crippen LogP contribution in [0.1, 0.15) is 55.6 Å². The van der Waals surface area contributed by atoms with E-state index < -0.39 is 17.4 Å². The van der Waals surface area contributed by atoms with Crippen molar-refractivity contribution in [2.45, 2.75) is 56.5 Å². The molecule has 2 aromatic carbocycles. The van der Waals surface area contributed by atoms with Crippen molar-refractivity contribution in [3.8, 4) is 5.75 Å². The van der Waals surface area contributed by atoms with E-state index in [-0.39, 0.29) is 42.9 Å². The van der Waals surface area contributed by atoms with Gasteiger partial charge in [0.25, 0.3) is 0 Å². The second-order valence-corrected chi connectivity index (χ2v) is 9.03. The maximum atomic E-state index is 14.1. The summed E-state index contributed by atoms with van der Waals surface area (Å²) in [4.78, 5) is 31.5. The van der Waals surface area contributed by atoms with Gasteiger partial charge in [-0.15, -0.1) is 0 Å². The summed E-state index contributed by atoms with van der Waals surface area (Å²) in [7, 11) is 0. The fourth-order valence-electron chi connectivity index (χ4n) is 4.73. The first-order valence-corrected chi connectivity index (χ1v) is 11.8. The zero-order valence-corrected chi connectivity index (χ0v) is 19.5. The molecule has 1 fully saturated rings. The smallest absolute Gasteiger partial charge is 0.248 e. The van der Waals surface area contributed by atoms with Gasteiger partial charge in [-0.25, -0.2) is 0 Å². The van der Waals surface area contributed by atoms with Crippen LogP contribution in [0.15, 0.2) is 59.6 Å². The maximum Gasteiger partial charge on any atom is 0.248 e. The third-order valence-corrected chi connectivity index (χ3v) is 6.57. The molecule has 1 unspecified atom stereocenters. The molecule has 0 bridgehead atoms. The lowest BCUT2D eigenvalue weighted by atomic mass is 9.73. The van der Waals surface area contributed by atoms with Gasteiger partial charge < -0.3 is 27.6 Å². The number of phenolic OH excluding ortho intramolecular Hbond substituents is 1. The number of ketones is 1. The van der Waals surface area contributed by atoms with Gasteiger partial charge in [-0.3, -0.25) is 14.6 Å². The molecule has 0 heterocycles. The molecule has 0 aromatic heterocycles. The number of hydrogen-bond donors (Lipinski definition) is 5. The summed E-state index contributed by atoms with van der Waals surface area (Å²) in [6, 6.07) is 16.1. The van der Waals surface area contributed by atoms with Crippen LogP contribution in [0.5, 0.6) is 5.75 Å². The summed E-state index contributed by atoms with van der Waals surface area (Å²) in [5, 5.41) is 12.3. The second-order valence-electron chi connectivity index (χ2n) is 9.03. The number of aromatic hydroxyl groups is 1. The van der Waals surface area contributed by atoms with Gasteiger partial charge in [0.2, 0.25) is 5.91 Å². The van der Waals surface area contributed by atoms with Crippen molar-refractivity contribution in [1.29, 1.82) is 0 Å². The highest BCUT2D eigenvalue weighted by Gasteiger charge is 2.47. The van der Waals surface area contributed by atoms with Crippen LogP contribution in [0.2, 0.25) is 0 Å². The number of rotatable bonds is 11. The van der Waals surface area contributed by atoms with Crippen molar-refractivity contribution in [2.24, 2.45) is 28.1 Å². The van der Waals surface area contributed by atoms with E-state index in [1.54, 1.807) is 24.3 Å². The number of nitrogens with zero attached hydrogens (tertiary/aromatic N) is 1. The normalized spacial score (nSPS) is 16.4. The Labute approximate surface area is 200 Å². The molecular weight excluding hydrogens is 430 g/mol. The van der Waals surface area contributed by atoms with Crippen LogP contribution in [-0.2, 0) is 16.1 Å². The second kappa shape index (κ2) is 11.7. The molecule has 182 valence electrons. The molecule has 1 amide bonds. The maximum absolute atomic E-state index is 14.1. The van der Waals surface area contributed by atoms with Gasteiger partial charge in [0.05, 0.1) is 0 Å². The standard InChI is InChI=1S/C26H35N5O3/c27-25(28)30-16-6-15-26(29,24(34)31-17-18-11-13-21(32)14-12-18)23(33)22(20-9-4-5-10-20)19-7-2-1-3-8-19/h1-3,7-8,11-14,20,22,32H,4-6,9-10,15-17,29H2,(H,31,34)(H4,27,28,30)/t22?,26-/m0/s1. The molecule has 34 heavy (non-hydrogen) atoms. The number of phenols is 1. The first kappa shape index (κ1) is 25.2. The van der Waals surface area contributed by atoms with E-state index in [9.17, 15) is 14.7 Å². The summed E-state index contributed by atoms with van der Waals surface area (Å²) in [5.74, 6) is -0.983. The predicted molar refractivity (Wildman–Crippen MR) is 133 cm³/mol. The van der Waals surface area contributed by atoms with Crippen LogP contribution in [0, 0.1) is 5.92 Å². The highest BCUT2D eigenvalue weighted by Crippen LogP contribution is 2.40. The number of aliphatic imine (C=N–C) groups is 1. The van der Waals surface area contributed by atoms with E-state index in [2.05, 4.69) is 10.3 Å². The molecule has 0 radical (unpaired) electrons. The molecule has 0 spiro atoms. The lowest BCUT2D eigenvalue weighted by Crippen LogP contribution is -2.61. The Kier molecular flexibility index (Phi) is 8.65. The molecule has 1 saturated carbocycles. The molecule has 1 aliphatic rings. The third-order valence-electron chi connectivity index (χ3n) is 6.57. The van der Waals surface area contributed by atoms with Gasteiger partial charge in [-0.1, -0.05) is 55.3 Å². The van der Waals surface area contributed by atoms with Gasteiger partial charge in [0.1, 0.15) is 5.75 Å². The SMILES string of the molecule is NC(N)=NCCC[C@@](N)(C(=O)NCc1ccc(O)cc1)C(=O)C(c1ccccc1)C1CCCC1. The topological polar surface area (TPSA) is 157 Å². The van der Waals surface area contributed by atoms with Gasteiger partial charge in [-0.05, 0) is 54.9 Å². The van der Waals surface area contributed by atoms with Crippen LogP contribution in [0.4, 0.5) is 0 Å². The van der Waals surface area contributed by atoms with E-state index in [1.807, 2.05) is 30.3 Å². The van der Waals surface area contributed by atoms with Gasteiger partial charge in [-0.2, -0.15) is 0 Å². The fraction of sp³-hybridized carbons (Fsp3) is 0.423. The number of nitrogens with two attached hydrogens (primary N) is 3. The summed E-state index contributed by atoms with van der Waals surface area (Å²) in [6.07, 6.45) is 4.51. The molecule has 3 rings (SSSR count). The van der Waals surface area contributed by atoms with E-state index in [0.717, 1.165) is 36.8 Å². The Hall–Kier alpha value is -3.39. The molecule has 8 nitrogen and oxygen atoms in total. The van der Waals surface area contributed by atoms with Crippen LogP contribution < -0.4 is 22.5 Å². The van der Waals surface area contributed by atoms with E-state index in [0.29, 0.717) is 6.42 Å². The quantitative estimate of drug-likeness (QED) is 0.148. The van der Waals surface area contributed by atoms with Crippen molar-refractivity contribution >= 4 is 17.6 Å². The minimum absolute atomic E-state index is 0.0427. The van der Waals surface area contributed by atoms with Crippen LogP contribution in [0.3, 0.4) is 0 Å². The highest BCUT2D eigenvalue weighted by molar-refractivity contribution is 6.13. The molecular formula is C26H35N5O3. The number of guanidine groups is 1. The summed E-state index contributed by atoms with van der Waals surface area (Å²) in [6.45, 7) is 0.470. The first-order valence-electron chi connectivity index (χ1n) is 11.8. The molecule has 1 aliphatic carbocycles. The van der Waals surface area contributed by atoms with Crippen LogP contribution in [-0.4, -0.2) is 34.8 Å². The molecule has 8 heteroatoms. The zero-order valence-electron chi connectivity index (χ0n) is 19.5.